The van der Waals surface area contributed by atoms with E-state index < -0.39 is 17.6 Å². The Morgan fingerprint density at radius 3 is 2.58 bits per heavy atom. The summed E-state index contributed by atoms with van der Waals surface area (Å²) in [4.78, 5) is 25.1. The Balaban J connectivity index is 2.09. The first kappa shape index (κ1) is 14.1. The molecule has 2 bridgehead atoms. The second-order valence-electron chi connectivity index (χ2n) is 6.35. The maximum atomic E-state index is 12.2. The van der Waals surface area contributed by atoms with Gasteiger partial charge in [-0.05, 0) is 33.6 Å². The molecule has 2 N–H and O–H groups in total. The number of piperidine rings is 1. The number of hydrogen-bond donors (Lipinski definition) is 2. The van der Waals surface area contributed by atoms with Crippen molar-refractivity contribution in [2.45, 2.75) is 51.3 Å². The standard InChI is InChI=1S/C13H22N2O4/c1-13(2,3)19-12(18)15-7-8-4-5-9(15)6-14-10(8)11(16)17/h8-10,14H,4-7H2,1-3H3,(H,16,17). The molecule has 19 heavy (non-hydrogen) atoms. The number of carboxylic acid groups (broad SMARTS) is 1. The van der Waals surface area contributed by atoms with Crippen LogP contribution in [0.15, 0.2) is 0 Å². The molecule has 0 saturated carbocycles. The summed E-state index contributed by atoms with van der Waals surface area (Å²) in [7, 11) is 0. The molecule has 3 saturated heterocycles. The van der Waals surface area contributed by atoms with Gasteiger partial charge in [0, 0.05) is 25.0 Å². The van der Waals surface area contributed by atoms with Crippen molar-refractivity contribution in [2.24, 2.45) is 5.92 Å². The molecule has 6 heteroatoms. The fourth-order valence-corrected chi connectivity index (χ4v) is 2.80. The molecule has 0 aromatic heterocycles. The average Bonchev–Trinajstić information content (AvgIpc) is 2.57. The molecule has 108 valence electrons. The van der Waals surface area contributed by atoms with E-state index in [4.69, 9.17) is 4.74 Å². The second-order valence-corrected chi connectivity index (χ2v) is 6.35. The van der Waals surface area contributed by atoms with Crippen LogP contribution in [-0.2, 0) is 9.53 Å². The highest BCUT2D eigenvalue weighted by Crippen LogP contribution is 2.29. The fourth-order valence-electron chi connectivity index (χ4n) is 2.80. The van der Waals surface area contributed by atoms with Crippen molar-refractivity contribution in [3.8, 4) is 0 Å². The lowest BCUT2D eigenvalue weighted by molar-refractivity contribution is -0.141. The van der Waals surface area contributed by atoms with Gasteiger partial charge in [-0.15, -0.1) is 0 Å². The quantitative estimate of drug-likeness (QED) is 0.745. The van der Waals surface area contributed by atoms with E-state index in [2.05, 4.69) is 5.32 Å². The van der Waals surface area contributed by atoms with Crippen LogP contribution in [0.4, 0.5) is 4.79 Å². The summed E-state index contributed by atoms with van der Waals surface area (Å²) in [5, 5.41) is 12.2. The minimum atomic E-state index is -0.836. The van der Waals surface area contributed by atoms with Crippen molar-refractivity contribution in [1.29, 1.82) is 0 Å². The van der Waals surface area contributed by atoms with Crippen LogP contribution < -0.4 is 5.32 Å². The van der Waals surface area contributed by atoms with Gasteiger partial charge in [0.2, 0.25) is 0 Å². The summed E-state index contributed by atoms with van der Waals surface area (Å²) < 4.78 is 5.39. The van der Waals surface area contributed by atoms with Gasteiger partial charge in [-0.2, -0.15) is 0 Å². The van der Waals surface area contributed by atoms with Crippen molar-refractivity contribution < 1.29 is 19.4 Å². The lowest BCUT2D eigenvalue weighted by Gasteiger charge is -2.37. The van der Waals surface area contributed by atoms with E-state index in [1.807, 2.05) is 20.8 Å². The molecule has 3 aliphatic rings. The van der Waals surface area contributed by atoms with Crippen molar-refractivity contribution >= 4 is 12.1 Å². The van der Waals surface area contributed by atoms with Crippen LogP contribution in [-0.4, -0.2) is 52.8 Å². The molecule has 3 unspecified atom stereocenters. The third-order valence-corrected chi connectivity index (χ3v) is 3.68. The van der Waals surface area contributed by atoms with Crippen LogP contribution in [0, 0.1) is 5.92 Å². The van der Waals surface area contributed by atoms with E-state index in [0.717, 1.165) is 12.8 Å². The summed E-state index contributed by atoms with van der Waals surface area (Å²) in [5.41, 5.74) is -0.526. The fraction of sp³-hybridized carbons (Fsp3) is 0.846. The molecule has 6 nitrogen and oxygen atoms in total. The van der Waals surface area contributed by atoms with Crippen LogP contribution in [0.1, 0.15) is 33.6 Å². The molecule has 0 aliphatic carbocycles. The van der Waals surface area contributed by atoms with Crippen molar-refractivity contribution in [1.82, 2.24) is 10.2 Å². The predicted octanol–water partition coefficient (Wildman–Crippen LogP) is 1.06. The number of aliphatic carboxylic acids is 1. The van der Waals surface area contributed by atoms with Gasteiger partial charge in [0.25, 0.3) is 0 Å². The molecule has 3 rings (SSSR count). The number of hydrogen-bond acceptors (Lipinski definition) is 4. The second kappa shape index (κ2) is 5.00. The highest BCUT2D eigenvalue weighted by atomic mass is 16.6. The smallest absolute Gasteiger partial charge is 0.410 e. The topological polar surface area (TPSA) is 78.9 Å². The van der Waals surface area contributed by atoms with Crippen LogP contribution in [0.2, 0.25) is 0 Å². The predicted molar refractivity (Wildman–Crippen MR) is 68.9 cm³/mol. The number of nitrogens with zero attached hydrogens (tertiary/aromatic N) is 1. The van der Waals surface area contributed by atoms with E-state index in [9.17, 15) is 14.7 Å². The van der Waals surface area contributed by atoms with Gasteiger partial charge in [-0.3, -0.25) is 4.79 Å². The number of carbonyl (C=O) groups excluding carboxylic acids is 1. The number of rotatable bonds is 1. The first-order valence-electron chi connectivity index (χ1n) is 6.74. The Kier molecular flexibility index (Phi) is 3.71. The molecule has 0 aromatic rings. The zero-order valence-corrected chi connectivity index (χ0v) is 11.7. The number of ether oxygens (including phenoxy) is 1. The number of fused-ring (bicyclic) bond motifs is 4. The number of nitrogens with one attached hydrogen (secondary N) is 1. The summed E-state index contributed by atoms with van der Waals surface area (Å²) >= 11 is 0. The average molecular weight is 270 g/mol. The first-order chi connectivity index (χ1) is 8.78. The summed E-state index contributed by atoms with van der Waals surface area (Å²) in [6, 6.07) is -0.520. The van der Waals surface area contributed by atoms with E-state index in [1.165, 1.54) is 0 Å². The Morgan fingerprint density at radius 1 is 1.32 bits per heavy atom. The minimum Gasteiger partial charge on any atom is -0.480 e. The van der Waals surface area contributed by atoms with E-state index in [1.54, 1.807) is 4.90 Å². The van der Waals surface area contributed by atoms with Crippen molar-refractivity contribution in [3.63, 3.8) is 0 Å². The molecule has 0 aromatic carbocycles. The van der Waals surface area contributed by atoms with Crippen LogP contribution in [0.25, 0.3) is 0 Å². The maximum Gasteiger partial charge on any atom is 0.410 e. The zero-order valence-electron chi connectivity index (χ0n) is 11.7. The third kappa shape index (κ3) is 3.18. The normalized spacial score (nSPS) is 30.9. The number of amides is 1. The van der Waals surface area contributed by atoms with Crippen LogP contribution in [0.3, 0.4) is 0 Å². The summed E-state index contributed by atoms with van der Waals surface area (Å²) in [6.45, 7) is 6.48. The van der Waals surface area contributed by atoms with Crippen LogP contribution >= 0.6 is 0 Å². The molecular weight excluding hydrogens is 248 g/mol. The highest BCUT2D eigenvalue weighted by Gasteiger charge is 2.42. The van der Waals surface area contributed by atoms with E-state index in [0.29, 0.717) is 13.1 Å². The Labute approximate surface area is 113 Å². The highest BCUT2D eigenvalue weighted by molar-refractivity contribution is 5.75. The van der Waals surface area contributed by atoms with E-state index in [-0.39, 0.29) is 18.1 Å². The SMILES string of the molecule is CC(C)(C)OC(=O)N1CC2CCC1CNC2C(=O)O. The van der Waals surface area contributed by atoms with E-state index >= 15 is 0 Å². The van der Waals surface area contributed by atoms with Gasteiger partial charge in [-0.25, -0.2) is 4.79 Å². The van der Waals surface area contributed by atoms with Gasteiger partial charge in [0.05, 0.1) is 0 Å². The zero-order chi connectivity index (χ0) is 14.2. The van der Waals surface area contributed by atoms with Gasteiger partial charge >= 0.3 is 12.1 Å². The first-order valence-corrected chi connectivity index (χ1v) is 6.74. The largest absolute Gasteiger partial charge is 0.480 e. The summed E-state index contributed by atoms with van der Waals surface area (Å²) in [6.07, 6.45) is 1.34. The van der Waals surface area contributed by atoms with Crippen LogP contribution in [0.5, 0.6) is 0 Å². The van der Waals surface area contributed by atoms with Crippen molar-refractivity contribution in [2.75, 3.05) is 13.1 Å². The molecule has 1 amide bonds. The van der Waals surface area contributed by atoms with Gasteiger partial charge < -0.3 is 20.1 Å². The molecule has 0 spiro atoms. The molecule has 0 radical (unpaired) electrons. The Bertz CT molecular complexity index is 377. The molecule has 3 atom stereocenters. The molecule has 3 heterocycles. The third-order valence-electron chi connectivity index (χ3n) is 3.68. The number of carbonyl (C=O) groups is 2. The maximum absolute atomic E-state index is 12.2. The Morgan fingerprint density at radius 2 is 2.00 bits per heavy atom. The lowest BCUT2D eigenvalue weighted by atomic mass is 9.90. The Hall–Kier alpha value is -1.30. The molecular formula is C13H22N2O4. The monoisotopic (exact) mass is 270 g/mol. The lowest BCUT2D eigenvalue weighted by Crippen LogP contribution is -2.49. The summed E-state index contributed by atoms with van der Waals surface area (Å²) in [5.74, 6) is -0.875. The van der Waals surface area contributed by atoms with Gasteiger partial charge in [0.1, 0.15) is 11.6 Å². The van der Waals surface area contributed by atoms with Gasteiger partial charge in [0.15, 0.2) is 0 Å². The molecule has 3 fully saturated rings. The van der Waals surface area contributed by atoms with Gasteiger partial charge in [-0.1, -0.05) is 0 Å². The number of carboxylic acids is 1. The molecule has 3 aliphatic heterocycles. The van der Waals surface area contributed by atoms with Crippen molar-refractivity contribution in [3.05, 3.63) is 0 Å². The minimum absolute atomic E-state index is 0.0375.